The molecule has 0 unspecified atom stereocenters. The summed E-state index contributed by atoms with van der Waals surface area (Å²) < 4.78 is 1.04. The van der Waals surface area contributed by atoms with Crippen LogP contribution in [0.3, 0.4) is 0 Å². The van der Waals surface area contributed by atoms with Gasteiger partial charge in [0, 0.05) is 34.4 Å². The molecular weight excluding hydrogens is 417 g/mol. The number of thiophene rings is 1. The van der Waals surface area contributed by atoms with Gasteiger partial charge in [-0.3, -0.25) is 4.79 Å². The largest absolute Gasteiger partial charge is 0.336 e. The van der Waals surface area contributed by atoms with Gasteiger partial charge >= 0.3 is 0 Å². The fraction of sp³-hybridized carbons (Fsp3) is 0.333. The van der Waals surface area contributed by atoms with Crippen molar-refractivity contribution in [1.82, 2.24) is 9.88 Å². The van der Waals surface area contributed by atoms with Crippen LogP contribution in [0.1, 0.15) is 16.9 Å². The molecule has 1 aliphatic rings. The van der Waals surface area contributed by atoms with E-state index in [0.717, 1.165) is 27.3 Å². The van der Waals surface area contributed by atoms with Crippen molar-refractivity contribution in [2.75, 3.05) is 13.1 Å². The molecule has 21 heavy (non-hydrogen) atoms. The predicted molar refractivity (Wildman–Crippen MR) is 96.1 cm³/mol. The molecule has 3 heterocycles. The van der Waals surface area contributed by atoms with Crippen LogP contribution in [0.2, 0.25) is 0 Å². The van der Waals surface area contributed by atoms with Crippen LogP contribution < -0.4 is 5.73 Å². The molecule has 1 amide bonds. The van der Waals surface area contributed by atoms with Gasteiger partial charge in [-0.25, -0.2) is 4.98 Å². The summed E-state index contributed by atoms with van der Waals surface area (Å²) in [5.41, 5.74) is 6.35. The monoisotopic (exact) mass is 429 g/mol. The van der Waals surface area contributed by atoms with E-state index in [-0.39, 0.29) is 36.8 Å². The molecule has 0 spiro atoms. The molecule has 2 aromatic heterocycles. The third-order valence-corrected chi connectivity index (χ3v) is 5.72. The van der Waals surface area contributed by atoms with E-state index in [9.17, 15) is 4.79 Å². The van der Waals surface area contributed by atoms with E-state index in [4.69, 9.17) is 5.73 Å². The number of rotatable bonds is 2. The number of carbonyl (C=O) groups is 1. The Balaban J connectivity index is 0.00000110. The van der Waals surface area contributed by atoms with Gasteiger partial charge < -0.3 is 10.6 Å². The number of hydrogen-bond donors (Lipinski definition) is 1. The fourth-order valence-electron chi connectivity index (χ4n) is 2.04. The van der Waals surface area contributed by atoms with Crippen molar-refractivity contribution >= 4 is 69.3 Å². The van der Waals surface area contributed by atoms with Crippen LogP contribution in [-0.4, -0.2) is 34.9 Å². The van der Waals surface area contributed by atoms with E-state index in [1.54, 1.807) is 16.2 Å². The maximum atomic E-state index is 12.3. The first-order valence-electron chi connectivity index (χ1n) is 5.88. The van der Waals surface area contributed by atoms with Gasteiger partial charge in [-0.1, -0.05) is 0 Å². The first-order chi connectivity index (χ1) is 9.13. The topological polar surface area (TPSA) is 59.2 Å². The van der Waals surface area contributed by atoms with Crippen molar-refractivity contribution in [3.8, 4) is 9.88 Å². The minimum Gasteiger partial charge on any atom is -0.336 e. The quantitative estimate of drug-likeness (QED) is 0.790. The summed E-state index contributed by atoms with van der Waals surface area (Å²) in [5, 5.41) is 4.73. The Morgan fingerprint density at radius 2 is 2.14 bits per heavy atom. The van der Waals surface area contributed by atoms with Gasteiger partial charge in [-0.15, -0.1) is 47.5 Å². The number of nitrogens with zero attached hydrogens (tertiary/aromatic N) is 2. The molecule has 2 aromatic rings. The number of aromatic nitrogens is 1. The van der Waals surface area contributed by atoms with Crippen LogP contribution in [0.4, 0.5) is 0 Å². The second kappa shape index (κ2) is 7.89. The Bertz CT molecular complexity index is 619. The van der Waals surface area contributed by atoms with Gasteiger partial charge in [-0.2, -0.15) is 0 Å². The Hall–Kier alpha value is -0.180. The highest BCUT2D eigenvalue weighted by Crippen LogP contribution is 2.32. The molecule has 0 radical (unpaired) electrons. The molecule has 1 saturated heterocycles. The van der Waals surface area contributed by atoms with Gasteiger partial charge in [0.1, 0.15) is 10.7 Å². The number of halogens is 3. The van der Waals surface area contributed by atoms with Gasteiger partial charge in [0.2, 0.25) is 0 Å². The first-order valence-corrected chi connectivity index (χ1v) is 8.43. The van der Waals surface area contributed by atoms with Crippen molar-refractivity contribution in [3.05, 3.63) is 27.0 Å². The van der Waals surface area contributed by atoms with Gasteiger partial charge in [0.25, 0.3) is 5.91 Å². The molecule has 9 heteroatoms. The zero-order chi connectivity index (χ0) is 13.4. The maximum absolute atomic E-state index is 12.3. The zero-order valence-corrected chi connectivity index (χ0v) is 15.7. The van der Waals surface area contributed by atoms with Crippen LogP contribution in [0.25, 0.3) is 9.88 Å². The fourth-order valence-corrected chi connectivity index (χ4v) is 4.35. The zero-order valence-electron chi connectivity index (χ0n) is 10.8. The number of amides is 1. The molecule has 2 N–H and O–H groups in total. The molecule has 3 rings (SSSR count). The maximum Gasteiger partial charge on any atom is 0.273 e. The Morgan fingerprint density at radius 1 is 1.38 bits per heavy atom. The standard InChI is InChI=1S/C12H12BrN3OS2.2ClH/c13-7-3-10(18-5-7)11-15-9(6-19-11)12(17)16-2-1-8(14)4-16;;/h3,5-6,8H,1-2,4,14H2;2*1H/t8-;;/m1../s1. The summed E-state index contributed by atoms with van der Waals surface area (Å²) >= 11 is 6.54. The molecule has 0 aromatic carbocycles. The molecule has 116 valence electrons. The predicted octanol–water partition coefficient (Wildman–Crippen LogP) is 3.65. The van der Waals surface area contributed by atoms with Crippen LogP contribution in [0.15, 0.2) is 21.3 Å². The summed E-state index contributed by atoms with van der Waals surface area (Å²) in [7, 11) is 0. The van der Waals surface area contributed by atoms with E-state index in [1.165, 1.54) is 11.3 Å². The van der Waals surface area contributed by atoms with E-state index < -0.39 is 0 Å². The Morgan fingerprint density at radius 3 is 2.71 bits per heavy atom. The SMILES string of the molecule is Cl.Cl.N[C@@H]1CCN(C(=O)c2csc(-c3cc(Br)cs3)n2)C1. The molecule has 1 aliphatic heterocycles. The lowest BCUT2D eigenvalue weighted by Crippen LogP contribution is -2.32. The van der Waals surface area contributed by atoms with Crippen LogP contribution in [0, 0.1) is 0 Å². The number of hydrogen-bond acceptors (Lipinski definition) is 5. The number of likely N-dealkylation sites (tertiary alicyclic amines) is 1. The third-order valence-electron chi connectivity index (χ3n) is 3.01. The summed E-state index contributed by atoms with van der Waals surface area (Å²) in [6.07, 6.45) is 0.876. The first kappa shape index (κ1) is 18.9. The summed E-state index contributed by atoms with van der Waals surface area (Å²) in [5.74, 6) is -0.00827. The molecule has 4 nitrogen and oxygen atoms in total. The second-order valence-electron chi connectivity index (χ2n) is 4.47. The van der Waals surface area contributed by atoms with E-state index >= 15 is 0 Å². The van der Waals surface area contributed by atoms with Crippen molar-refractivity contribution in [2.45, 2.75) is 12.5 Å². The summed E-state index contributed by atoms with van der Waals surface area (Å²) in [4.78, 5) is 19.6. The van der Waals surface area contributed by atoms with Gasteiger partial charge in [0.05, 0.1) is 4.88 Å². The van der Waals surface area contributed by atoms with Crippen LogP contribution >= 0.6 is 63.4 Å². The highest BCUT2D eigenvalue weighted by atomic mass is 79.9. The number of thiazole rings is 1. The average molecular weight is 431 g/mol. The van der Waals surface area contributed by atoms with Crippen LogP contribution in [-0.2, 0) is 0 Å². The van der Waals surface area contributed by atoms with Crippen molar-refractivity contribution in [3.63, 3.8) is 0 Å². The highest BCUT2D eigenvalue weighted by Gasteiger charge is 2.26. The molecule has 1 fully saturated rings. The normalized spacial score (nSPS) is 17.2. The third kappa shape index (κ3) is 4.18. The molecule has 0 bridgehead atoms. The summed E-state index contributed by atoms with van der Waals surface area (Å²) in [6.45, 7) is 1.37. The van der Waals surface area contributed by atoms with Crippen molar-refractivity contribution in [2.24, 2.45) is 5.73 Å². The highest BCUT2D eigenvalue weighted by molar-refractivity contribution is 9.10. The average Bonchev–Trinajstić information content (AvgIpc) is 3.07. The lowest BCUT2D eigenvalue weighted by atomic mass is 10.3. The van der Waals surface area contributed by atoms with Crippen molar-refractivity contribution < 1.29 is 4.79 Å². The van der Waals surface area contributed by atoms with E-state index in [1.807, 2.05) is 16.8 Å². The van der Waals surface area contributed by atoms with Crippen molar-refractivity contribution in [1.29, 1.82) is 0 Å². The van der Waals surface area contributed by atoms with Gasteiger partial charge in [-0.05, 0) is 28.4 Å². The molecular formula is C12H14BrCl2N3OS2. The minimum atomic E-state index is -0.00827. The van der Waals surface area contributed by atoms with Crippen LogP contribution in [0.5, 0.6) is 0 Å². The Labute approximate surface area is 151 Å². The number of nitrogens with two attached hydrogens (primary N) is 1. The Kier molecular flexibility index (Phi) is 7.09. The van der Waals surface area contributed by atoms with Gasteiger partial charge in [0.15, 0.2) is 0 Å². The molecule has 0 aliphatic carbocycles. The lowest BCUT2D eigenvalue weighted by molar-refractivity contribution is 0.0786. The number of carbonyl (C=O) groups excluding carboxylic acids is 1. The van der Waals surface area contributed by atoms with E-state index in [0.29, 0.717) is 12.2 Å². The molecule has 0 saturated carbocycles. The minimum absolute atomic E-state index is 0. The molecule has 1 atom stereocenters. The smallest absolute Gasteiger partial charge is 0.273 e. The summed E-state index contributed by atoms with van der Waals surface area (Å²) in [6, 6.07) is 2.12. The van der Waals surface area contributed by atoms with E-state index in [2.05, 4.69) is 20.9 Å². The second-order valence-corrected chi connectivity index (χ2v) is 7.15. The lowest BCUT2D eigenvalue weighted by Gasteiger charge is -2.13.